The Labute approximate surface area is 148 Å². The Hall–Kier alpha value is -1.95. The van der Waals surface area contributed by atoms with Gasteiger partial charge in [0, 0.05) is 17.5 Å². The zero-order valence-corrected chi connectivity index (χ0v) is 14.8. The largest absolute Gasteiger partial charge is 0.508 e. The number of nitrogens with one attached hydrogen (secondary N) is 2. The topological polar surface area (TPSA) is 94.6 Å². The van der Waals surface area contributed by atoms with Crippen LogP contribution in [0.3, 0.4) is 0 Å². The van der Waals surface area contributed by atoms with Gasteiger partial charge in [-0.05, 0) is 62.4 Å². The Morgan fingerprint density at radius 2 is 2.28 bits per heavy atom. The monoisotopic (exact) mass is 344 g/mol. The third-order valence-corrected chi connectivity index (χ3v) is 6.67. The average Bonchev–Trinajstić information content (AvgIpc) is 2.58. The van der Waals surface area contributed by atoms with Gasteiger partial charge in [0.2, 0.25) is 0 Å². The summed E-state index contributed by atoms with van der Waals surface area (Å²) in [7, 11) is 2.24. The molecule has 5 N–H and O–H groups in total. The third-order valence-electron chi connectivity index (χ3n) is 6.67. The molecule has 0 unspecified atom stereocenters. The minimum Gasteiger partial charge on any atom is -0.508 e. The lowest BCUT2D eigenvalue weighted by atomic mass is 9.52. The molecule has 6 heteroatoms. The summed E-state index contributed by atoms with van der Waals surface area (Å²) in [6, 6.07) is 4.24. The molecule has 1 saturated carbocycles. The number of aromatic hydroxyl groups is 1. The summed E-state index contributed by atoms with van der Waals surface area (Å²) in [5, 5.41) is 20.3. The number of piperidine rings is 1. The molecule has 2 aliphatic carbocycles. The number of guanidine groups is 1. The Balaban J connectivity index is 1.76. The van der Waals surface area contributed by atoms with Crippen molar-refractivity contribution in [2.24, 2.45) is 11.7 Å². The van der Waals surface area contributed by atoms with Crippen molar-refractivity contribution < 1.29 is 9.84 Å². The summed E-state index contributed by atoms with van der Waals surface area (Å²) in [4.78, 5) is 2.52. The van der Waals surface area contributed by atoms with Gasteiger partial charge in [0.05, 0.1) is 0 Å². The number of ether oxygens (including phenoxy) is 1. The van der Waals surface area contributed by atoms with Gasteiger partial charge in [0.15, 0.2) is 12.7 Å². The smallest absolute Gasteiger partial charge is 0.188 e. The van der Waals surface area contributed by atoms with Crippen LogP contribution in [-0.4, -0.2) is 42.3 Å². The Morgan fingerprint density at radius 3 is 3.08 bits per heavy atom. The molecule has 2 bridgehead atoms. The number of likely N-dealkylation sites (tertiary alicyclic amines) is 1. The minimum atomic E-state index is -0.114. The van der Waals surface area contributed by atoms with E-state index in [-0.39, 0.29) is 23.9 Å². The second-order valence-electron chi connectivity index (χ2n) is 7.86. The molecule has 3 atom stereocenters. The third kappa shape index (κ3) is 2.63. The van der Waals surface area contributed by atoms with E-state index in [1.807, 2.05) is 6.07 Å². The second kappa shape index (κ2) is 6.09. The normalized spacial score (nSPS) is 30.9. The highest BCUT2D eigenvalue weighted by molar-refractivity contribution is 5.74. The second-order valence-corrected chi connectivity index (χ2v) is 7.86. The molecule has 3 aliphatic rings. The fourth-order valence-corrected chi connectivity index (χ4v) is 5.57. The van der Waals surface area contributed by atoms with E-state index in [4.69, 9.17) is 15.9 Å². The lowest BCUT2D eigenvalue weighted by Crippen LogP contribution is -2.59. The first-order chi connectivity index (χ1) is 12.0. The van der Waals surface area contributed by atoms with Gasteiger partial charge in [-0.15, -0.1) is 0 Å². The molecular formula is C19H28N4O2. The van der Waals surface area contributed by atoms with E-state index >= 15 is 0 Å². The van der Waals surface area contributed by atoms with E-state index in [1.165, 1.54) is 36.8 Å². The van der Waals surface area contributed by atoms with Gasteiger partial charge in [0.1, 0.15) is 11.5 Å². The van der Waals surface area contributed by atoms with Crippen LogP contribution in [0.4, 0.5) is 0 Å². The molecule has 1 aliphatic heterocycles. The SMILES string of the molecule is CN1CC[C@]23CCCC[C@H]2[C@H]1Cc1c(OCNC(=N)N)cc(O)cc13. The van der Waals surface area contributed by atoms with Crippen molar-refractivity contribution in [3.8, 4) is 11.5 Å². The summed E-state index contributed by atoms with van der Waals surface area (Å²) in [6.07, 6.45) is 7.21. The summed E-state index contributed by atoms with van der Waals surface area (Å²) >= 11 is 0. The maximum absolute atomic E-state index is 10.3. The van der Waals surface area contributed by atoms with Gasteiger partial charge in [-0.1, -0.05) is 12.8 Å². The van der Waals surface area contributed by atoms with Crippen molar-refractivity contribution in [3.63, 3.8) is 0 Å². The van der Waals surface area contributed by atoms with E-state index in [0.29, 0.717) is 12.0 Å². The molecule has 1 aromatic rings. The Kier molecular flexibility index (Phi) is 4.02. The van der Waals surface area contributed by atoms with Crippen molar-refractivity contribution in [2.45, 2.75) is 50.0 Å². The van der Waals surface area contributed by atoms with Crippen molar-refractivity contribution in [1.82, 2.24) is 10.2 Å². The zero-order chi connectivity index (χ0) is 17.6. The van der Waals surface area contributed by atoms with Crippen LogP contribution in [0.2, 0.25) is 0 Å². The molecule has 4 rings (SSSR count). The maximum Gasteiger partial charge on any atom is 0.188 e. The highest BCUT2D eigenvalue weighted by Crippen LogP contribution is 2.57. The predicted molar refractivity (Wildman–Crippen MR) is 97.0 cm³/mol. The molecular weight excluding hydrogens is 316 g/mol. The number of phenols is 1. The first-order valence-electron chi connectivity index (χ1n) is 9.28. The van der Waals surface area contributed by atoms with Crippen molar-refractivity contribution in [3.05, 3.63) is 23.3 Å². The van der Waals surface area contributed by atoms with Gasteiger partial charge in [-0.25, -0.2) is 0 Å². The van der Waals surface area contributed by atoms with Crippen LogP contribution in [0, 0.1) is 11.3 Å². The minimum absolute atomic E-state index is 0.114. The maximum atomic E-state index is 10.3. The standard InChI is InChI=1S/C19H28N4O2/c1-23-7-6-19-5-3-2-4-14(19)16(23)10-13-15(19)8-12(24)9-17(13)25-11-22-18(20)21/h8-9,14,16,24H,2-7,10-11H2,1H3,(H4,20,21,22)/t14-,16+,19+/m0/s1. The molecule has 1 saturated heterocycles. The fourth-order valence-electron chi connectivity index (χ4n) is 5.57. The summed E-state index contributed by atoms with van der Waals surface area (Å²) in [6.45, 7) is 1.26. The summed E-state index contributed by atoms with van der Waals surface area (Å²) in [5.74, 6) is 1.56. The molecule has 0 spiro atoms. The van der Waals surface area contributed by atoms with Crippen LogP contribution in [0.15, 0.2) is 12.1 Å². The van der Waals surface area contributed by atoms with Crippen molar-refractivity contribution in [2.75, 3.05) is 20.3 Å². The Morgan fingerprint density at radius 1 is 1.44 bits per heavy atom. The summed E-state index contributed by atoms with van der Waals surface area (Å²) in [5.41, 5.74) is 8.07. The number of phenolic OH excluding ortho intramolecular Hbond substituents is 1. The van der Waals surface area contributed by atoms with Crippen LogP contribution >= 0.6 is 0 Å². The quantitative estimate of drug-likeness (QED) is 0.382. The van der Waals surface area contributed by atoms with Crippen LogP contribution in [-0.2, 0) is 11.8 Å². The number of nitrogens with zero attached hydrogens (tertiary/aromatic N) is 1. The number of hydrogen-bond donors (Lipinski definition) is 4. The number of likely N-dealkylation sites (N-methyl/N-ethyl adjacent to an activating group) is 1. The van der Waals surface area contributed by atoms with Gasteiger partial charge in [-0.3, -0.25) is 5.41 Å². The highest BCUT2D eigenvalue weighted by Gasteiger charge is 2.53. The summed E-state index contributed by atoms with van der Waals surface area (Å²) < 4.78 is 5.86. The average molecular weight is 344 g/mol. The molecule has 136 valence electrons. The van der Waals surface area contributed by atoms with Crippen LogP contribution < -0.4 is 15.8 Å². The molecule has 25 heavy (non-hydrogen) atoms. The van der Waals surface area contributed by atoms with Gasteiger partial charge >= 0.3 is 0 Å². The van der Waals surface area contributed by atoms with E-state index in [0.717, 1.165) is 25.1 Å². The predicted octanol–water partition coefficient (Wildman–Crippen LogP) is 1.90. The lowest BCUT2D eigenvalue weighted by molar-refractivity contribution is 0.00197. The first-order valence-corrected chi connectivity index (χ1v) is 9.28. The Bertz CT molecular complexity index is 692. The van der Waals surface area contributed by atoms with Gasteiger partial charge in [0.25, 0.3) is 0 Å². The van der Waals surface area contributed by atoms with E-state index in [9.17, 15) is 5.11 Å². The number of benzene rings is 1. The number of rotatable bonds is 3. The van der Waals surface area contributed by atoms with Crippen molar-refractivity contribution in [1.29, 1.82) is 5.41 Å². The molecule has 1 heterocycles. The number of nitrogens with two attached hydrogens (primary N) is 1. The van der Waals surface area contributed by atoms with Crippen molar-refractivity contribution >= 4 is 5.96 Å². The van der Waals surface area contributed by atoms with Gasteiger partial charge in [-0.2, -0.15) is 0 Å². The number of fused-ring (bicyclic) bond motifs is 1. The van der Waals surface area contributed by atoms with E-state index < -0.39 is 0 Å². The molecule has 6 nitrogen and oxygen atoms in total. The zero-order valence-electron chi connectivity index (χ0n) is 14.8. The molecule has 0 aromatic heterocycles. The molecule has 0 amide bonds. The lowest BCUT2D eigenvalue weighted by Gasteiger charge is -2.58. The molecule has 2 fully saturated rings. The molecule has 0 radical (unpaired) electrons. The van der Waals surface area contributed by atoms with Crippen LogP contribution in [0.5, 0.6) is 11.5 Å². The van der Waals surface area contributed by atoms with E-state index in [2.05, 4.69) is 17.3 Å². The highest BCUT2D eigenvalue weighted by atomic mass is 16.5. The fraction of sp³-hybridized carbons (Fsp3) is 0.632. The first kappa shape index (κ1) is 16.5. The van der Waals surface area contributed by atoms with Crippen LogP contribution in [0.25, 0.3) is 0 Å². The number of hydrogen-bond acceptors (Lipinski definition) is 4. The van der Waals surface area contributed by atoms with Crippen LogP contribution in [0.1, 0.15) is 43.2 Å². The van der Waals surface area contributed by atoms with Gasteiger partial charge < -0.3 is 25.8 Å². The molecule has 1 aromatic carbocycles. The van der Waals surface area contributed by atoms with E-state index in [1.54, 1.807) is 6.07 Å².